The van der Waals surface area contributed by atoms with Gasteiger partial charge in [-0.25, -0.2) is 4.39 Å². The summed E-state index contributed by atoms with van der Waals surface area (Å²) in [5, 5.41) is 3.50. The highest BCUT2D eigenvalue weighted by molar-refractivity contribution is 6.33. The third kappa shape index (κ3) is 4.17. The molecule has 2 rings (SSSR count). The minimum atomic E-state index is -0.425. The molecule has 0 aromatic heterocycles. The Hall–Kier alpha value is -1.13. The van der Waals surface area contributed by atoms with E-state index in [4.69, 9.17) is 11.6 Å². The number of nitrogens with one attached hydrogen (secondary N) is 1. The first-order chi connectivity index (χ1) is 9.99. The summed E-state index contributed by atoms with van der Waals surface area (Å²) in [6.45, 7) is 6.73. The molecule has 1 amide bonds. The summed E-state index contributed by atoms with van der Waals surface area (Å²) in [7, 11) is 0. The van der Waals surface area contributed by atoms with E-state index in [0.717, 1.165) is 32.5 Å². The Morgan fingerprint density at radius 2 is 2.10 bits per heavy atom. The first-order valence-corrected chi connectivity index (χ1v) is 7.83. The van der Waals surface area contributed by atoms with Crippen molar-refractivity contribution in [2.24, 2.45) is 5.92 Å². The highest BCUT2D eigenvalue weighted by Crippen LogP contribution is 2.22. The van der Waals surface area contributed by atoms with E-state index in [-0.39, 0.29) is 17.0 Å². The maximum Gasteiger partial charge on any atom is 0.255 e. The van der Waals surface area contributed by atoms with E-state index in [0.29, 0.717) is 11.5 Å². The molecule has 1 N–H and O–H groups in total. The predicted octanol–water partition coefficient (Wildman–Crippen LogP) is 3.33. The van der Waals surface area contributed by atoms with Crippen LogP contribution in [0, 0.1) is 11.7 Å². The maximum absolute atomic E-state index is 13.1. The van der Waals surface area contributed by atoms with Crippen molar-refractivity contribution in [3.05, 3.63) is 34.6 Å². The van der Waals surface area contributed by atoms with Crippen LogP contribution in [0.1, 0.15) is 37.0 Å². The number of halogens is 2. The highest BCUT2D eigenvalue weighted by Gasteiger charge is 2.25. The Morgan fingerprint density at radius 3 is 2.67 bits per heavy atom. The van der Waals surface area contributed by atoms with Gasteiger partial charge in [0.15, 0.2) is 0 Å². The molecule has 1 saturated heterocycles. The number of hydrogen-bond acceptors (Lipinski definition) is 2. The van der Waals surface area contributed by atoms with E-state index in [9.17, 15) is 9.18 Å². The molecular formula is C16H22ClFN2O. The van der Waals surface area contributed by atoms with Gasteiger partial charge >= 0.3 is 0 Å². The molecule has 0 saturated carbocycles. The monoisotopic (exact) mass is 312 g/mol. The van der Waals surface area contributed by atoms with Gasteiger partial charge in [0.25, 0.3) is 5.91 Å². The number of hydrogen-bond donors (Lipinski definition) is 1. The number of amides is 1. The molecule has 0 unspecified atom stereocenters. The molecule has 0 spiro atoms. The van der Waals surface area contributed by atoms with Crippen LogP contribution in [-0.2, 0) is 0 Å². The Labute approximate surface area is 130 Å². The van der Waals surface area contributed by atoms with Crippen molar-refractivity contribution in [1.82, 2.24) is 10.2 Å². The van der Waals surface area contributed by atoms with Gasteiger partial charge in [0.1, 0.15) is 5.82 Å². The van der Waals surface area contributed by atoms with Crippen LogP contribution in [0.3, 0.4) is 0 Å². The fourth-order valence-corrected chi connectivity index (χ4v) is 2.94. The molecule has 0 radical (unpaired) electrons. The molecule has 0 atom stereocenters. The molecule has 0 bridgehead atoms. The van der Waals surface area contributed by atoms with Gasteiger partial charge in [0.2, 0.25) is 0 Å². The van der Waals surface area contributed by atoms with Crippen molar-refractivity contribution < 1.29 is 9.18 Å². The number of nitrogens with zero attached hydrogens (tertiary/aromatic N) is 1. The molecule has 1 aliphatic heterocycles. The smallest absolute Gasteiger partial charge is 0.255 e. The Kier molecular flexibility index (Phi) is 5.59. The van der Waals surface area contributed by atoms with E-state index >= 15 is 0 Å². The van der Waals surface area contributed by atoms with E-state index in [1.54, 1.807) is 0 Å². The molecular weight excluding hydrogens is 291 g/mol. The summed E-state index contributed by atoms with van der Waals surface area (Å²) in [5.74, 6) is -0.0311. The average Bonchev–Trinajstić information content (AvgIpc) is 2.45. The van der Waals surface area contributed by atoms with E-state index in [1.807, 2.05) is 18.7 Å². The summed E-state index contributed by atoms with van der Waals surface area (Å²) in [6.07, 6.45) is 2.15. The van der Waals surface area contributed by atoms with E-state index < -0.39 is 5.82 Å². The lowest BCUT2D eigenvalue weighted by atomic mass is 9.96. The zero-order valence-corrected chi connectivity index (χ0v) is 13.3. The van der Waals surface area contributed by atoms with Crippen LogP contribution in [0.25, 0.3) is 0 Å². The molecule has 1 heterocycles. The number of piperidine rings is 1. The highest BCUT2D eigenvalue weighted by atomic mass is 35.5. The van der Waals surface area contributed by atoms with Crippen LogP contribution in [0.15, 0.2) is 18.2 Å². The molecule has 1 aromatic carbocycles. The Bertz CT molecular complexity index is 501. The summed E-state index contributed by atoms with van der Waals surface area (Å²) in [4.78, 5) is 14.5. The van der Waals surface area contributed by atoms with Crippen molar-refractivity contribution in [3.63, 3.8) is 0 Å². The maximum atomic E-state index is 13.1. The number of benzene rings is 1. The molecule has 116 valence electrons. The van der Waals surface area contributed by atoms with Gasteiger partial charge < -0.3 is 10.2 Å². The van der Waals surface area contributed by atoms with Gasteiger partial charge in [0, 0.05) is 12.6 Å². The molecule has 21 heavy (non-hydrogen) atoms. The van der Waals surface area contributed by atoms with Gasteiger partial charge in [-0.3, -0.25) is 4.79 Å². The SMILES string of the molecule is CC(C)N(CC1CCNCC1)C(=O)c1ccc(F)cc1Cl. The standard InChI is InChI=1S/C16H22ClFN2O/c1-11(2)20(10-12-5-7-19-8-6-12)16(21)14-4-3-13(18)9-15(14)17/h3-4,9,11-12,19H,5-8,10H2,1-2H3. The van der Waals surface area contributed by atoms with Gasteiger partial charge in [-0.1, -0.05) is 11.6 Å². The minimum Gasteiger partial charge on any atom is -0.336 e. The van der Waals surface area contributed by atoms with E-state index in [1.165, 1.54) is 18.2 Å². The van der Waals surface area contributed by atoms with Crippen LogP contribution >= 0.6 is 11.6 Å². The predicted molar refractivity (Wildman–Crippen MR) is 83.2 cm³/mol. The number of carbonyl (C=O) groups is 1. The van der Waals surface area contributed by atoms with Crippen LogP contribution in [0.4, 0.5) is 4.39 Å². The van der Waals surface area contributed by atoms with Crippen LogP contribution < -0.4 is 5.32 Å². The van der Waals surface area contributed by atoms with Crippen molar-refractivity contribution in [2.45, 2.75) is 32.7 Å². The number of carbonyl (C=O) groups excluding carboxylic acids is 1. The fraction of sp³-hybridized carbons (Fsp3) is 0.562. The zero-order chi connectivity index (χ0) is 15.4. The zero-order valence-electron chi connectivity index (χ0n) is 12.5. The lowest BCUT2D eigenvalue weighted by Crippen LogP contribution is -2.43. The van der Waals surface area contributed by atoms with Crippen LogP contribution in [0.2, 0.25) is 5.02 Å². The summed E-state index contributed by atoms with van der Waals surface area (Å²) in [5.41, 5.74) is 0.376. The van der Waals surface area contributed by atoms with Gasteiger partial charge in [0.05, 0.1) is 10.6 Å². The second kappa shape index (κ2) is 7.23. The first kappa shape index (κ1) is 16.2. The summed E-state index contributed by atoms with van der Waals surface area (Å²) in [6, 6.07) is 4.03. The third-order valence-corrected chi connectivity index (χ3v) is 4.27. The fourth-order valence-electron chi connectivity index (χ4n) is 2.69. The largest absolute Gasteiger partial charge is 0.336 e. The second-order valence-corrected chi connectivity index (χ2v) is 6.28. The first-order valence-electron chi connectivity index (χ1n) is 7.45. The van der Waals surface area contributed by atoms with Crippen molar-refractivity contribution in [2.75, 3.05) is 19.6 Å². The van der Waals surface area contributed by atoms with Crippen LogP contribution in [0.5, 0.6) is 0 Å². The number of rotatable bonds is 4. The van der Waals surface area contributed by atoms with Gasteiger partial charge in [-0.2, -0.15) is 0 Å². The van der Waals surface area contributed by atoms with Crippen molar-refractivity contribution in [3.8, 4) is 0 Å². The average molecular weight is 313 g/mol. The topological polar surface area (TPSA) is 32.3 Å². The Balaban J connectivity index is 2.14. The minimum absolute atomic E-state index is 0.0912. The molecule has 0 aliphatic carbocycles. The van der Waals surface area contributed by atoms with Gasteiger partial charge in [-0.15, -0.1) is 0 Å². The molecule has 3 nitrogen and oxygen atoms in total. The summed E-state index contributed by atoms with van der Waals surface area (Å²) < 4.78 is 13.1. The lowest BCUT2D eigenvalue weighted by molar-refractivity contribution is 0.0658. The van der Waals surface area contributed by atoms with Gasteiger partial charge in [-0.05, 0) is 63.9 Å². The second-order valence-electron chi connectivity index (χ2n) is 5.87. The van der Waals surface area contributed by atoms with E-state index in [2.05, 4.69) is 5.32 Å². The molecule has 5 heteroatoms. The third-order valence-electron chi connectivity index (χ3n) is 3.96. The Morgan fingerprint density at radius 1 is 1.43 bits per heavy atom. The molecule has 1 aliphatic rings. The lowest BCUT2D eigenvalue weighted by Gasteiger charge is -2.33. The van der Waals surface area contributed by atoms with Crippen LogP contribution in [-0.4, -0.2) is 36.5 Å². The molecule has 1 fully saturated rings. The molecule has 1 aromatic rings. The normalized spacial score (nSPS) is 16.2. The van der Waals surface area contributed by atoms with Crippen molar-refractivity contribution in [1.29, 1.82) is 0 Å². The quantitative estimate of drug-likeness (QED) is 0.925. The summed E-state index contributed by atoms with van der Waals surface area (Å²) >= 11 is 6.02. The van der Waals surface area contributed by atoms with Crippen molar-refractivity contribution >= 4 is 17.5 Å².